The first-order valence-electron chi connectivity index (χ1n) is 9.32. The first-order valence-corrected chi connectivity index (χ1v) is 9.32. The second-order valence-corrected chi connectivity index (χ2v) is 6.54. The Morgan fingerprint density at radius 2 is 2.03 bits per heavy atom. The van der Waals surface area contributed by atoms with Gasteiger partial charge in [0, 0.05) is 12.2 Å². The predicted octanol–water partition coefficient (Wildman–Crippen LogP) is 2.37. The highest BCUT2D eigenvalue weighted by molar-refractivity contribution is 5.94. The molecule has 29 heavy (non-hydrogen) atoms. The molecule has 1 unspecified atom stereocenters. The van der Waals surface area contributed by atoms with Gasteiger partial charge in [-0.25, -0.2) is 4.98 Å². The second kappa shape index (κ2) is 8.99. The first kappa shape index (κ1) is 20.0. The highest BCUT2D eigenvalue weighted by atomic mass is 16.3. The first-order chi connectivity index (χ1) is 14.1. The van der Waals surface area contributed by atoms with Crippen molar-refractivity contribution in [3.63, 3.8) is 0 Å². The van der Waals surface area contributed by atoms with E-state index in [2.05, 4.69) is 21.5 Å². The number of nitriles is 1. The summed E-state index contributed by atoms with van der Waals surface area (Å²) in [6, 6.07) is 12.2. The number of pyridine rings is 1. The fourth-order valence-corrected chi connectivity index (χ4v) is 2.93. The smallest absolute Gasteiger partial charge is 0.253 e. The quantitative estimate of drug-likeness (QED) is 0.568. The van der Waals surface area contributed by atoms with Crippen LogP contribution < -0.4 is 11.1 Å². The van der Waals surface area contributed by atoms with Crippen LogP contribution in [0.3, 0.4) is 0 Å². The largest absolute Gasteiger partial charge is 0.493 e. The van der Waals surface area contributed by atoms with Crippen LogP contribution >= 0.6 is 0 Å². The van der Waals surface area contributed by atoms with Crippen molar-refractivity contribution >= 4 is 5.91 Å². The molecule has 0 saturated heterocycles. The molecule has 0 aliphatic heterocycles. The summed E-state index contributed by atoms with van der Waals surface area (Å²) in [6.07, 6.45) is 4.49. The normalized spacial score (nSPS) is 11.6. The minimum atomic E-state index is -0.215. The highest BCUT2D eigenvalue weighted by Crippen LogP contribution is 2.30. The van der Waals surface area contributed by atoms with Crippen LogP contribution in [0, 0.1) is 11.3 Å². The number of nitrogens with zero attached hydrogens (tertiary/aromatic N) is 4. The van der Waals surface area contributed by atoms with Crippen LogP contribution in [-0.2, 0) is 0 Å². The van der Waals surface area contributed by atoms with Gasteiger partial charge in [0.2, 0.25) is 5.88 Å². The molecule has 2 heterocycles. The summed E-state index contributed by atoms with van der Waals surface area (Å²) in [5.41, 5.74) is 7.77. The van der Waals surface area contributed by atoms with Crippen LogP contribution in [-0.4, -0.2) is 38.4 Å². The van der Waals surface area contributed by atoms with E-state index < -0.39 is 0 Å². The minimum Gasteiger partial charge on any atom is -0.493 e. The molecule has 3 rings (SSSR count). The van der Waals surface area contributed by atoms with E-state index in [9.17, 15) is 9.90 Å². The monoisotopic (exact) mass is 390 g/mol. The number of carbonyl (C=O) groups excluding carboxylic acids is 1. The molecular formula is C21H22N6O2. The molecule has 0 bridgehead atoms. The van der Waals surface area contributed by atoms with Crippen molar-refractivity contribution in [1.82, 2.24) is 20.1 Å². The van der Waals surface area contributed by atoms with Gasteiger partial charge in [-0.15, -0.1) is 0 Å². The van der Waals surface area contributed by atoms with Crippen molar-refractivity contribution in [2.45, 2.75) is 25.8 Å². The van der Waals surface area contributed by atoms with Crippen LogP contribution in [0.15, 0.2) is 48.8 Å². The third-order valence-electron chi connectivity index (χ3n) is 4.64. The predicted molar refractivity (Wildman–Crippen MR) is 108 cm³/mol. The van der Waals surface area contributed by atoms with Gasteiger partial charge in [-0.3, -0.25) is 4.79 Å². The van der Waals surface area contributed by atoms with E-state index >= 15 is 0 Å². The van der Waals surface area contributed by atoms with E-state index in [1.807, 2.05) is 6.92 Å². The third-order valence-corrected chi connectivity index (χ3v) is 4.64. The molecular weight excluding hydrogens is 368 g/mol. The molecule has 1 amide bonds. The fraction of sp³-hybridized carbons (Fsp3) is 0.238. The Morgan fingerprint density at radius 1 is 1.28 bits per heavy atom. The van der Waals surface area contributed by atoms with Gasteiger partial charge in [0.15, 0.2) is 5.82 Å². The van der Waals surface area contributed by atoms with Crippen LogP contribution in [0.2, 0.25) is 0 Å². The van der Waals surface area contributed by atoms with Gasteiger partial charge < -0.3 is 16.2 Å². The van der Waals surface area contributed by atoms with Gasteiger partial charge in [0.05, 0.1) is 29.0 Å². The summed E-state index contributed by atoms with van der Waals surface area (Å²) in [4.78, 5) is 16.6. The van der Waals surface area contributed by atoms with E-state index in [1.54, 1.807) is 36.4 Å². The van der Waals surface area contributed by atoms with Crippen LogP contribution in [0.4, 0.5) is 0 Å². The van der Waals surface area contributed by atoms with Gasteiger partial charge in [-0.05, 0) is 49.2 Å². The van der Waals surface area contributed by atoms with Crippen LogP contribution in [0.1, 0.15) is 35.7 Å². The second-order valence-electron chi connectivity index (χ2n) is 6.54. The molecule has 0 fully saturated rings. The van der Waals surface area contributed by atoms with Gasteiger partial charge in [-0.1, -0.05) is 19.1 Å². The SMILES string of the molecule is CCC(CCN)NC(=O)c1ccc(-n2ncc(-c3ccc(C#N)cc3)c2O)nc1. The zero-order chi connectivity index (χ0) is 20.8. The molecule has 3 aromatic rings. The number of nitrogens with one attached hydrogen (secondary N) is 1. The Kier molecular flexibility index (Phi) is 6.22. The molecule has 2 aromatic heterocycles. The number of hydrogen-bond acceptors (Lipinski definition) is 6. The summed E-state index contributed by atoms with van der Waals surface area (Å²) < 4.78 is 1.29. The Morgan fingerprint density at radius 3 is 2.62 bits per heavy atom. The lowest BCUT2D eigenvalue weighted by atomic mass is 10.1. The maximum absolute atomic E-state index is 12.4. The van der Waals surface area contributed by atoms with Gasteiger partial charge in [-0.2, -0.15) is 15.0 Å². The van der Waals surface area contributed by atoms with Crippen molar-refractivity contribution in [2.24, 2.45) is 5.73 Å². The number of hydrogen-bond donors (Lipinski definition) is 3. The lowest BCUT2D eigenvalue weighted by molar-refractivity contribution is 0.0934. The Hall–Kier alpha value is -3.70. The summed E-state index contributed by atoms with van der Waals surface area (Å²) >= 11 is 0. The van der Waals surface area contributed by atoms with E-state index in [0.29, 0.717) is 35.5 Å². The molecule has 0 spiro atoms. The van der Waals surface area contributed by atoms with Crippen molar-refractivity contribution in [3.8, 4) is 28.9 Å². The number of aromatic hydroxyl groups is 1. The lowest BCUT2D eigenvalue weighted by Gasteiger charge is -2.15. The Bertz CT molecular complexity index is 1020. The average Bonchev–Trinajstić information content (AvgIpc) is 3.14. The van der Waals surface area contributed by atoms with E-state index in [4.69, 9.17) is 11.0 Å². The Labute approximate surface area is 168 Å². The van der Waals surface area contributed by atoms with Gasteiger partial charge in [0.1, 0.15) is 0 Å². The standard InChI is InChI=1S/C21H22N6O2/c1-2-17(9-10-22)26-20(28)16-7-8-19(24-12-16)27-21(29)18(13-25-27)15-5-3-14(11-23)4-6-15/h3-8,12-13,17,29H,2,9-10,22H2,1H3,(H,26,28). The molecule has 0 saturated carbocycles. The van der Waals surface area contributed by atoms with Gasteiger partial charge in [0.25, 0.3) is 5.91 Å². The number of aromatic nitrogens is 3. The number of carbonyl (C=O) groups is 1. The zero-order valence-corrected chi connectivity index (χ0v) is 16.0. The highest BCUT2D eigenvalue weighted by Gasteiger charge is 2.16. The van der Waals surface area contributed by atoms with E-state index in [0.717, 1.165) is 12.0 Å². The molecule has 8 nitrogen and oxygen atoms in total. The maximum atomic E-state index is 12.4. The molecule has 1 atom stereocenters. The molecule has 1 aromatic carbocycles. The lowest BCUT2D eigenvalue weighted by Crippen LogP contribution is -2.35. The van der Waals surface area contributed by atoms with Crippen LogP contribution in [0.25, 0.3) is 16.9 Å². The summed E-state index contributed by atoms with van der Waals surface area (Å²) in [5.74, 6) is 0.0913. The summed E-state index contributed by atoms with van der Waals surface area (Å²) in [7, 11) is 0. The fourth-order valence-electron chi connectivity index (χ4n) is 2.93. The maximum Gasteiger partial charge on any atom is 0.253 e. The number of rotatable bonds is 7. The van der Waals surface area contributed by atoms with Crippen molar-refractivity contribution in [1.29, 1.82) is 5.26 Å². The Balaban J connectivity index is 1.79. The van der Waals surface area contributed by atoms with Crippen LogP contribution in [0.5, 0.6) is 5.88 Å². The molecule has 0 aliphatic carbocycles. The van der Waals surface area contributed by atoms with Crippen molar-refractivity contribution < 1.29 is 9.90 Å². The van der Waals surface area contributed by atoms with E-state index in [1.165, 1.54) is 17.1 Å². The topological polar surface area (TPSA) is 130 Å². The van der Waals surface area contributed by atoms with E-state index in [-0.39, 0.29) is 17.8 Å². The molecule has 8 heteroatoms. The zero-order valence-electron chi connectivity index (χ0n) is 16.0. The average molecular weight is 390 g/mol. The summed E-state index contributed by atoms with van der Waals surface area (Å²) in [6.45, 7) is 2.50. The minimum absolute atomic E-state index is 0.0253. The number of amides is 1. The number of nitrogens with two attached hydrogens (primary N) is 1. The van der Waals surface area contributed by atoms with Crippen molar-refractivity contribution in [3.05, 3.63) is 59.9 Å². The molecule has 4 N–H and O–H groups in total. The van der Waals surface area contributed by atoms with Gasteiger partial charge >= 0.3 is 0 Å². The molecule has 0 aliphatic rings. The molecule has 0 radical (unpaired) electrons. The summed E-state index contributed by atoms with van der Waals surface area (Å²) in [5, 5.41) is 26.6. The third kappa shape index (κ3) is 4.42. The van der Waals surface area contributed by atoms with Crippen molar-refractivity contribution in [2.75, 3.05) is 6.54 Å². The number of benzene rings is 1. The molecule has 148 valence electrons.